The van der Waals surface area contributed by atoms with Crippen LogP contribution in [0, 0.1) is 5.92 Å². The molecule has 1 N–H and O–H groups in total. The van der Waals surface area contributed by atoms with Gasteiger partial charge in [-0.15, -0.1) is 0 Å². The van der Waals surface area contributed by atoms with Crippen molar-refractivity contribution < 1.29 is 14.6 Å². The van der Waals surface area contributed by atoms with Crippen LogP contribution in [0.1, 0.15) is 52.9 Å². The van der Waals surface area contributed by atoms with Crippen molar-refractivity contribution in [3.05, 3.63) is 12.2 Å². The number of carbonyl (C=O) groups excluding carboxylic acids is 1. The number of unbranched alkanes of at least 4 members (excludes halogenated alkanes) is 2. The second kappa shape index (κ2) is 8.34. The summed E-state index contributed by atoms with van der Waals surface area (Å²) >= 11 is 0. The maximum absolute atomic E-state index is 11.5. The summed E-state index contributed by atoms with van der Waals surface area (Å²) < 4.78 is 4.72. The first-order chi connectivity index (χ1) is 7.52. The number of aliphatic hydroxyl groups is 1. The van der Waals surface area contributed by atoms with Crippen molar-refractivity contribution in [1.82, 2.24) is 0 Å². The summed E-state index contributed by atoms with van der Waals surface area (Å²) in [4.78, 5) is 11.5. The number of rotatable bonds is 8. The molecule has 0 amide bonds. The Hall–Kier alpha value is -0.830. The fourth-order valence-corrected chi connectivity index (χ4v) is 1.66. The molecule has 0 heterocycles. The summed E-state index contributed by atoms with van der Waals surface area (Å²) in [5.41, 5.74) is 0.486. The lowest BCUT2D eigenvalue weighted by Gasteiger charge is -2.17. The highest BCUT2D eigenvalue weighted by molar-refractivity contribution is 5.88. The topological polar surface area (TPSA) is 46.5 Å². The molecule has 0 aliphatic heterocycles. The van der Waals surface area contributed by atoms with E-state index in [1.807, 2.05) is 6.92 Å². The third-order valence-electron chi connectivity index (χ3n) is 2.68. The minimum Gasteiger partial charge on any atom is -0.433 e. The predicted molar refractivity (Wildman–Crippen MR) is 64.8 cm³/mol. The summed E-state index contributed by atoms with van der Waals surface area (Å²) in [6, 6.07) is 0. The van der Waals surface area contributed by atoms with Crippen LogP contribution in [-0.2, 0) is 9.53 Å². The Morgan fingerprint density at radius 3 is 2.44 bits per heavy atom. The first-order valence-corrected chi connectivity index (χ1v) is 6.10. The third kappa shape index (κ3) is 5.91. The molecule has 0 aromatic rings. The average molecular weight is 228 g/mol. The second-order valence-corrected chi connectivity index (χ2v) is 4.13. The minimum atomic E-state index is -1.06. The summed E-state index contributed by atoms with van der Waals surface area (Å²) in [6.07, 6.45) is 4.25. The Bertz CT molecular complexity index is 221. The molecule has 0 aromatic carbocycles. The van der Waals surface area contributed by atoms with E-state index in [1.54, 1.807) is 0 Å². The van der Waals surface area contributed by atoms with E-state index in [1.165, 1.54) is 19.8 Å². The van der Waals surface area contributed by atoms with Gasteiger partial charge in [0.15, 0.2) is 6.29 Å². The van der Waals surface area contributed by atoms with E-state index in [0.29, 0.717) is 5.57 Å². The van der Waals surface area contributed by atoms with Crippen LogP contribution >= 0.6 is 0 Å². The van der Waals surface area contributed by atoms with E-state index in [9.17, 15) is 4.79 Å². The quantitative estimate of drug-likeness (QED) is 0.300. The molecular weight excluding hydrogens is 204 g/mol. The normalized spacial score (nSPS) is 14.2. The highest BCUT2D eigenvalue weighted by atomic mass is 16.6. The smallest absolute Gasteiger partial charge is 0.335 e. The van der Waals surface area contributed by atoms with Gasteiger partial charge >= 0.3 is 5.97 Å². The average Bonchev–Trinajstić information content (AvgIpc) is 2.22. The molecule has 0 spiro atoms. The molecule has 0 bridgehead atoms. The van der Waals surface area contributed by atoms with Gasteiger partial charge in [0.2, 0.25) is 0 Å². The number of carbonyl (C=O) groups is 1. The van der Waals surface area contributed by atoms with Gasteiger partial charge in [0.1, 0.15) is 0 Å². The van der Waals surface area contributed by atoms with E-state index < -0.39 is 12.3 Å². The predicted octanol–water partition coefficient (Wildman–Crippen LogP) is 3.03. The first kappa shape index (κ1) is 15.2. The van der Waals surface area contributed by atoms with Crippen LogP contribution in [0.2, 0.25) is 0 Å². The van der Waals surface area contributed by atoms with Crippen LogP contribution in [0.4, 0.5) is 0 Å². The third-order valence-corrected chi connectivity index (χ3v) is 2.68. The molecule has 16 heavy (non-hydrogen) atoms. The number of hydrogen-bond donors (Lipinski definition) is 1. The van der Waals surface area contributed by atoms with Gasteiger partial charge in [-0.1, -0.05) is 39.7 Å². The van der Waals surface area contributed by atoms with Crippen molar-refractivity contribution >= 4 is 5.97 Å². The van der Waals surface area contributed by atoms with Gasteiger partial charge in [0.25, 0.3) is 0 Å². The van der Waals surface area contributed by atoms with Crippen LogP contribution in [0.25, 0.3) is 0 Å². The van der Waals surface area contributed by atoms with Gasteiger partial charge in [-0.3, -0.25) is 0 Å². The van der Waals surface area contributed by atoms with E-state index in [-0.39, 0.29) is 5.92 Å². The molecule has 0 fully saturated rings. The van der Waals surface area contributed by atoms with E-state index in [0.717, 1.165) is 19.3 Å². The Morgan fingerprint density at radius 2 is 2.00 bits per heavy atom. The maximum atomic E-state index is 11.5. The number of hydrogen-bond acceptors (Lipinski definition) is 3. The number of aliphatic hydroxyl groups excluding tert-OH is 1. The molecule has 0 aliphatic carbocycles. The van der Waals surface area contributed by atoms with Gasteiger partial charge in [0, 0.05) is 5.57 Å². The van der Waals surface area contributed by atoms with Gasteiger partial charge in [0.05, 0.1) is 0 Å². The monoisotopic (exact) mass is 228 g/mol. The van der Waals surface area contributed by atoms with Gasteiger partial charge in [-0.25, -0.2) is 4.79 Å². The Balaban J connectivity index is 4.13. The standard InChI is InChI=1S/C13H24O3/c1-5-7-8-9-12(6-2)10(3)13(15)16-11(4)14/h11-12,14H,3,5-9H2,1-2,4H3. The lowest BCUT2D eigenvalue weighted by atomic mass is 9.92. The lowest BCUT2D eigenvalue weighted by molar-refractivity contribution is -0.160. The van der Waals surface area contributed by atoms with E-state index in [4.69, 9.17) is 9.84 Å². The van der Waals surface area contributed by atoms with Crippen LogP contribution in [0.5, 0.6) is 0 Å². The SMILES string of the molecule is C=C(C(=O)OC(C)O)C(CC)CCCCC. The molecule has 0 radical (unpaired) electrons. The summed E-state index contributed by atoms with van der Waals surface area (Å²) in [6.45, 7) is 9.38. The Kier molecular flexibility index (Phi) is 7.90. The summed E-state index contributed by atoms with van der Waals surface area (Å²) in [5, 5.41) is 8.96. The van der Waals surface area contributed by atoms with Gasteiger partial charge in [-0.2, -0.15) is 0 Å². The van der Waals surface area contributed by atoms with Crippen LogP contribution in [0.15, 0.2) is 12.2 Å². The van der Waals surface area contributed by atoms with Crippen LogP contribution in [0.3, 0.4) is 0 Å². The van der Waals surface area contributed by atoms with Crippen molar-refractivity contribution in [2.45, 2.75) is 59.2 Å². The van der Waals surface area contributed by atoms with Crippen molar-refractivity contribution in [1.29, 1.82) is 0 Å². The zero-order chi connectivity index (χ0) is 12.6. The minimum absolute atomic E-state index is 0.179. The molecule has 0 rings (SSSR count). The van der Waals surface area contributed by atoms with Gasteiger partial charge in [-0.05, 0) is 25.7 Å². The van der Waals surface area contributed by atoms with Crippen molar-refractivity contribution in [3.8, 4) is 0 Å². The second-order valence-electron chi connectivity index (χ2n) is 4.13. The maximum Gasteiger partial charge on any atom is 0.335 e. The van der Waals surface area contributed by atoms with E-state index >= 15 is 0 Å². The number of esters is 1. The molecule has 3 heteroatoms. The summed E-state index contributed by atoms with van der Waals surface area (Å²) in [7, 11) is 0. The molecule has 2 atom stereocenters. The van der Waals surface area contributed by atoms with Crippen molar-refractivity contribution in [3.63, 3.8) is 0 Å². The largest absolute Gasteiger partial charge is 0.433 e. The molecule has 0 saturated heterocycles. The fourth-order valence-electron chi connectivity index (χ4n) is 1.66. The van der Waals surface area contributed by atoms with Gasteiger partial charge < -0.3 is 9.84 Å². The summed E-state index contributed by atoms with van der Waals surface area (Å²) in [5.74, 6) is -0.295. The molecule has 0 aliphatic rings. The zero-order valence-electron chi connectivity index (χ0n) is 10.7. The number of ether oxygens (including phenoxy) is 1. The molecule has 2 unspecified atom stereocenters. The highest BCUT2D eigenvalue weighted by Gasteiger charge is 2.19. The fraction of sp³-hybridized carbons (Fsp3) is 0.769. The molecule has 94 valence electrons. The molecule has 0 aromatic heterocycles. The van der Waals surface area contributed by atoms with Crippen molar-refractivity contribution in [2.75, 3.05) is 0 Å². The first-order valence-electron chi connectivity index (χ1n) is 6.10. The van der Waals surface area contributed by atoms with Crippen LogP contribution in [-0.4, -0.2) is 17.4 Å². The van der Waals surface area contributed by atoms with Crippen LogP contribution < -0.4 is 0 Å². The molecule has 0 saturated carbocycles. The lowest BCUT2D eigenvalue weighted by Crippen LogP contribution is -2.19. The highest BCUT2D eigenvalue weighted by Crippen LogP contribution is 2.22. The molecular formula is C13H24O3. The Morgan fingerprint density at radius 1 is 1.38 bits per heavy atom. The molecule has 3 nitrogen and oxygen atoms in total. The zero-order valence-corrected chi connectivity index (χ0v) is 10.7. The Labute approximate surface area is 98.5 Å². The van der Waals surface area contributed by atoms with Crippen molar-refractivity contribution in [2.24, 2.45) is 5.92 Å². The van der Waals surface area contributed by atoms with E-state index in [2.05, 4.69) is 13.5 Å².